The Morgan fingerprint density at radius 2 is 1.96 bits per heavy atom. The Hall–Kier alpha value is -1.88. The Kier molecular flexibility index (Phi) is 3.92. The highest BCUT2D eigenvalue weighted by atomic mass is 16.3. The van der Waals surface area contributed by atoms with E-state index in [9.17, 15) is 14.7 Å². The number of anilines is 1. The van der Waals surface area contributed by atoms with Gasteiger partial charge in [0.25, 0.3) is 0 Å². The molecule has 2 atom stereocenters. The zero-order valence-corrected chi connectivity index (χ0v) is 14.0. The number of aliphatic hydroxyl groups is 1. The molecule has 1 saturated heterocycles. The number of para-hydroxylation sites is 1. The molecule has 3 rings (SSSR count). The number of fused-ring (bicyclic) bond motifs is 1. The molecule has 2 aliphatic rings. The van der Waals surface area contributed by atoms with Crippen LogP contribution in [0.4, 0.5) is 5.69 Å². The lowest BCUT2D eigenvalue weighted by Gasteiger charge is -2.36. The normalized spacial score (nSPS) is 24.0. The molecule has 0 aromatic heterocycles. The van der Waals surface area contributed by atoms with Crippen molar-refractivity contribution in [1.82, 2.24) is 4.90 Å². The monoisotopic (exact) mass is 316 g/mol. The van der Waals surface area contributed by atoms with Gasteiger partial charge in [-0.1, -0.05) is 18.2 Å². The lowest BCUT2D eigenvalue weighted by atomic mass is 9.96. The summed E-state index contributed by atoms with van der Waals surface area (Å²) < 4.78 is 0. The molecule has 2 amide bonds. The Balaban J connectivity index is 1.89. The van der Waals surface area contributed by atoms with Crippen molar-refractivity contribution in [2.45, 2.75) is 57.7 Å². The molecule has 5 heteroatoms. The van der Waals surface area contributed by atoms with Gasteiger partial charge in [0.1, 0.15) is 6.04 Å². The number of amides is 2. The van der Waals surface area contributed by atoms with Crippen molar-refractivity contribution >= 4 is 17.5 Å². The van der Waals surface area contributed by atoms with Crippen LogP contribution in [-0.4, -0.2) is 46.1 Å². The molecule has 1 aromatic rings. The molecule has 5 nitrogen and oxygen atoms in total. The average Bonchev–Trinajstić information content (AvgIpc) is 3.10. The van der Waals surface area contributed by atoms with Gasteiger partial charge in [-0.15, -0.1) is 0 Å². The minimum atomic E-state index is -0.932. The molecule has 1 fully saturated rings. The van der Waals surface area contributed by atoms with Crippen LogP contribution >= 0.6 is 0 Å². The largest absolute Gasteiger partial charge is 0.388 e. The number of carbonyl (C=O) groups excluding carboxylic acids is 2. The molecule has 124 valence electrons. The third kappa shape index (κ3) is 2.74. The number of benzene rings is 1. The molecular formula is C18H24N2O3. The summed E-state index contributed by atoms with van der Waals surface area (Å²) in [7, 11) is 0. The van der Waals surface area contributed by atoms with Crippen LogP contribution in [0.5, 0.6) is 0 Å². The summed E-state index contributed by atoms with van der Waals surface area (Å²) >= 11 is 0. The molecule has 0 radical (unpaired) electrons. The van der Waals surface area contributed by atoms with Gasteiger partial charge in [-0.3, -0.25) is 14.5 Å². The standard InChI is InChI=1S/C18H24N2O3/c1-12(21)20-14-8-5-4-7-13(14)11-15(20)17(22)19-10-6-9-16(19)18(2,3)23/h4-5,7-8,15-16,23H,6,9-11H2,1-3H3/t15-,16?/m0/s1. The lowest BCUT2D eigenvalue weighted by Crippen LogP contribution is -2.55. The van der Waals surface area contributed by atoms with Gasteiger partial charge in [-0.25, -0.2) is 0 Å². The molecule has 0 saturated carbocycles. The minimum Gasteiger partial charge on any atom is -0.388 e. The predicted octanol–water partition coefficient (Wildman–Crippen LogP) is 1.73. The molecular weight excluding hydrogens is 292 g/mol. The van der Waals surface area contributed by atoms with E-state index in [2.05, 4.69) is 0 Å². The van der Waals surface area contributed by atoms with Gasteiger partial charge < -0.3 is 10.0 Å². The van der Waals surface area contributed by atoms with Crippen LogP contribution in [0.25, 0.3) is 0 Å². The van der Waals surface area contributed by atoms with E-state index in [1.807, 2.05) is 24.3 Å². The fourth-order valence-corrected chi connectivity index (χ4v) is 3.93. The second kappa shape index (κ2) is 5.64. The van der Waals surface area contributed by atoms with E-state index < -0.39 is 11.6 Å². The summed E-state index contributed by atoms with van der Waals surface area (Å²) in [5.41, 5.74) is 0.927. The summed E-state index contributed by atoms with van der Waals surface area (Å²) in [6.07, 6.45) is 2.23. The molecule has 2 aliphatic heterocycles. The first-order valence-electron chi connectivity index (χ1n) is 8.21. The van der Waals surface area contributed by atoms with Crippen LogP contribution in [0.2, 0.25) is 0 Å². The van der Waals surface area contributed by atoms with Crippen LogP contribution in [0.1, 0.15) is 39.2 Å². The fourth-order valence-electron chi connectivity index (χ4n) is 3.93. The first-order valence-corrected chi connectivity index (χ1v) is 8.21. The SMILES string of the molecule is CC(=O)N1c2ccccc2C[C@H]1C(=O)N1CCCC1C(C)(C)O. The van der Waals surface area contributed by atoms with Crippen LogP contribution in [0.3, 0.4) is 0 Å². The summed E-state index contributed by atoms with van der Waals surface area (Å²) in [5.74, 6) is -0.173. The number of carbonyl (C=O) groups is 2. The molecule has 2 heterocycles. The summed E-state index contributed by atoms with van der Waals surface area (Å²) in [4.78, 5) is 28.6. The maximum atomic E-state index is 13.1. The third-order valence-electron chi connectivity index (χ3n) is 4.95. The van der Waals surface area contributed by atoms with E-state index in [1.54, 1.807) is 23.6 Å². The first kappa shape index (κ1) is 16.0. The van der Waals surface area contributed by atoms with Crippen LogP contribution in [-0.2, 0) is 16.0 Å². The summed E-state index contributed by atoms with van der Waals surface area (Å²) in [5, 5.41) is 10.4. The molecule has 1 N–H and O–H groups in total. The maximum Gasteiger partial charge on any atom is 0.246 e. The van der Waals surface area contributed by atoms with Crippen LogP contribution in [0, 0.1) is 0 Å². The van der Waals surface area contributed by atoms with Crippen molar-refractivity contribution in [2.75, 3.05) is 11.4 Å². The number of rotatable bonds is 2. The van der Waals surface area contributed by atoms with Gasteiger partial charge in [-0.2, -0.15) is 0 Å². The highest BCUT2D eigenvalue weighted by Crippen LogP contribution is 2.35. The molecule has 0 bridgehead atoms. The number of likely N-dealkylation sites (tertiary alicyclic amines) is 1. The van der Waals surface area contributed by atoms with E-state index in [-0.39, 0.29) is 17.9 Å². The smallest absolute Gasteiger partial charge is 0.246 e. The summed E-state index contributed by atoms with van der Waals surface area (Å²) in [6, 6.07) is 6.99. The molecule has 23 heavy (non-hydrogen) atoms. The average molecular weight is 316 g/mol. The van der Waals surface area contributed by atoms with Crippen molar-refractivity contribution in [3.63, 3.8) is 0 Å². The van der Waals surface area contributed by atoms with Crippen molar-refractivity contribution in [2.24, 2.45) is 0 Å². The van der Waals surface area contributed by atoms with Gasteiger partial charge in [0.05, 0.1) is 11.6 Å². The van der Waals surface area contributed by atoms with E-state index in [1.165, 1.54) is 6.92 Å². The van der Waals surface area contributed by atoms with Gasteiger partial charge in [0.2, 0.25) is 11.8 Å². The fraction of sp³-hybridized carbons (Fsp3) is 0.556. The minimum absolute atomic E-state index is 0.0546. The highest BCUT2D eigenvalue weighted by Gasteiger charge is 2.44. The summed E-state index contributed by atoms with van der Waals surface area (Å²) in [6.45, 7) is 5.64. The van der Waals surface area contributed by atoms with E-state index >= 15 is 0 Å². The van der Waals surface area contributed by atoms with Crippen molar-refractivity contribution < 1.29 is 14.7 Å². The Morgan fingerprint density at radius 3 is 2.61 bits per heavy atom. The van der Waals surface area contributed by atoms with E-state index in [0.29, 0.717) is 13.0 Å². The molecule has 0 aliphatic carbocycles. The Morgan fingerprint density at radius 1 is 1.26 bits per heavy atom. The molecule has 0 spiro atoms. The molecule has 1 unspecified atom stereocenters. The number of hydrogen-bond acceptors (Lipinski definition) is 3. The highest BCUT2D eigenvalue weighted by molar-refractivity contribution is 6.02. The third-order valence-corrected chi connectivity index (χ3v) is 4.95. The van der Waals surface area contributed by atoms with Crippen LogP contribution in [0.15, 0.2) is 24.3 Å². The number of nitrogens with zero attached hydrogens (tertiary/aromatic N) is 2. The number of hydrogen-bond donors (Lipinski definition) is 1. The zero-order valence-electron chi connectivity index (χ0n) is 14.0. The van der Waals surface area contributed by atoms with Crippen LogP contribution < -0.4 is 4.90 Å². The van der Waals surface area contributed by atoms with Gasteiger partial charge in [-0.05, 0) is 38.3 Å². The Bertz CT molecular complexity index is 635. The van der Waals surface area contributed by atoms with Gasteiger partial charge in [0.15, 0.2) is 0 Å². The Labute approximate surface area is 136 Å². The van der Waals surface area contributed by atoms with Gasteiger partial charge >= 0.3 is 0 Å². The van der Waals surface area contributed by atoms with Crippen molar-refractivity contribution in [3.8, 4) is 0 Å². The topological polar surface area (TPSA) is 60.9 Å². The van der Waals surface area contributed by atoms with Crippen molar-refractivity contribution in [1.29, 1.82) is 0 Å². The van der Waals surface area contributed by atoms with E-state index in [4.69, 9.17) is 0 Å². The lowest BCUT2D eigenvalue weighted by molar-refractivity contribution is -0.139. The van der Waals surface area contributed by atoms with Gasteiger partial charge in [0, 0.05) is 25.6 Å². The quantitative estimate of drug-likeness (QED) is 0.904. The molecule has 1 aromatic carbocycles. The van der Waals surface area contributed by atoms with E-state index in [0.717, 1.165) is 24.1 Å². The second-order valence-corrected chi connectivity index (χ2v) is 7.08. The van der Waals surface area contributed by atoms with Crippen molar-refractivity contribution in [3.05, 3.63) is 29.8 Å². The second-order valence-electron chi connectivity index (χ2n) is 7.08. The zero-order chi connectivity index (χ0) is 16.8. The maximum absolute atomic E-state index is 13.1. The predicted molar refractivity (Wildman–Crippen MR) is 88.1 cm³/mol. The first-order chi connectivity index (χ1) is 10.8.